The summed E-state index contributed by atoms with van der Waals surface area (Å²) in [7, 11) is 0. The maximum atomic E-state index is 4.32. The Bertz CT molecular complexity index is 575. The number of nitrogens with one attached hydrogen (secondary N) is 1. The Morgan fingerprint density at radius 2 is 2.00 bits per heavy atom. The van der Waals surface area contributed by atoms with Gasteiger partial charge < -0.3 is 5.32 Å². The lowest BCUT2D eigenvalue weighted by molar-refractivity contribution is 0.623. The average molecular weight is 289 g/mol. The zero-order valence-electron chi connectivity index (χ0n) is 12.9. The van der Waals surface area contributed by atoms with Gasteiger partial charge in [0.05, 0.1) is 16.6 Å². The molecule has 1 aromatic carbocycles. The van der Waals surface area contributed by atoms with E-state index >= 15 is 0 Å². The number of nitrogens with zero attached hydrogens (tertiary/aromatic N) is 2. The highest BCUT2D eigenvalue weighted by atomic mass is 32.1. The summed E-state index contributed by atoms with van der Waals surface area (Å²) in [5.41, 5.74) is 5.04. The second-order valence-electron chi connectivity index (χ2n) is 5.53. The Morgan fingerprint density at radius 1 is 1.25 bits per heavy atom. The maximum absolute atomic E-state index is 4.32. The molecule has 1 N–H and O–H groups in total. The largest absolute Gasteiger partial charge is 0.306 e. The molecule has 0 aliphatic rings. The van der Waals surface area contributed by atoms with Crippen molar-refractivity contribution < 1.29 is 0 Å². The van der Waals surface area contributed by atoms with E-state index in [9.17, 15) is 0 Å². The van der Waals surface area contributed by atoms with E-state index in [0.29, 0.717) is 5.92 Å². The van der Waals surface area contributed by atoms with Crippen LogP contribution in [0.5, 0.6) is 0 Å². The van der Waals surface area contributed by atoms with Crippen LogP contribution in [0.3, 0.4) is 0 Å². The topological polar surface area (TPSA) is 37.8 Å². The standard InChI is InChI=1S/C16H23N3S/c1-6-17-15(13-9-11(4)7-8-12(13)5)16-14(10(2)3)18-19-20-16/h7-10,15,17H,6H2,1-5H3. The molecule has 2 aromatic rings. The molecule has 3 nitrogen and oxygen atoms in total. The van der Waals surface area contributed by atoms with Crippen LogP contribution in [0.15, 0.2) is 18.2 Å². The molecule has 1 atom stereocenters. The van der Waals surface area contributed by atoms with E-state index in [0.717, 1.165) is 12.2 Å². The van der Waals surface area contributed by atoms with Crippen molar-refractivity contribution in [1.29, 1.82) is 0 Å². The van der Waals surface area contributed by atoms with Gasteiger partial charge in [0.25, 0.3) is 0 Å². The highest BCUT2D eigenvalue weighted by molar-refractivity contribution is 7.05. The van der Waals surface area contributed by atoms with E-state index in [2.05, 4.69) is 67.7 Å². The van der Waals surface area contributed by atoms with Gasteiger partial charge in [0.15, 0.2) is 0 Å². The van der Waals surface area contributed by atoms with Crippen LogP contribution in [0.25, 0.3) is 0 Å². The normalized spacial score (nSPS) is 12.9. The molecule has 1 unspecified atom stereocenters. The van der Waals surface area contributed by atoms with Crippen molar-refractivity contribution in [3.05, 3.63) is 45.5 Å². The molecule has 0 saturated carbocycles. The monoisotopic (exact) mass is 289 g/mol. The van der Waals surface area contributed by atoms with Crippen molar-refractivity contribution >= 4 is 11.5 Å². The van der Waals surface area contributed by atoms with Crippen LogP contribution >= 0.6 is 11.5 Å². The molecule has 0 fully saturated rings. The van der Waals surface area contributed by atoms with Crippen LogP contribution in [0, 0.1) is 13.8 Å². The first kappa shape index (κ1) is 15.1. The van der Waals surface area contributed by atoms with Gasteiger partial charge in [-0.3, -0.25) is 0 Å². The molecule has 0 radical (unpaired) electrons. The summed E-state index contributed by atoms with van der Waals surface area (Å²) in [6.45, 7) is 11.7. The first-order chi connectivity index (χ1) is 9.54. The SMILES string of the molecule is CCNC(c1cc(C)ccc1C)c1snnc1C(C)C. The Kier molecular flexibility index (Phi) is 4.89. The molecule has 0 amide bonds. The molecule has 2 rings (SSSR count). The van der Waals surface area contributed by atoms with Crippen LogP contribution in [0.2, 0.25) is 0 Å². The number of aryl methyl sites for hydroxylation is 2. The smallest absolute Gasteiger partial charge is 0.0832 e. The number of rotatable bonds is 5. The molecule has 0 spiro atoms. The Hall–Kier alpha value is -1.26. The highest BCUT2D eigenvalue weighted by Gasteiger charge is 2.23. The van der Waals surface area contributed by atoms with Gasteiger partial charge in [0, 0.05) is 0 Å². The fourth-order valence-electron chi connectivity index (χ4n) is 2.42. The lowest BCUT2D eigenvalue weighted by Crippen LogP contribution is -2.23. The molecule has 4 heteroatoms. The Labute approximate surface area is 125 Å². The molecule has 108 valence electrons. The fraction of sp³-hybridized carbons (Fsp3) is 0.500. The van der Waals surface area contributed by atoms with E-state index in [-0.39, 0.29) is 6.04 Å². The molecular formula is C16H23N3S. The van der Waals surface area contributed by atoms with Crippen molar-refractivity contribution in [3.63, 3.8) is 0 Å². The minimum atomic E-state index is 0.192. The van der Waals surface area contributed by atoms with Crippen LogP contribution in [-0.2, 0) is 0 Å². The zero-order valence-corrected chi connectivity index (χ0v) is 13.7. The lowest BCUT2D eigenvalue weighted by Gasteiger charge is -2.21. The summed E-state index contributed by atoms with van der Waals surface area (Å²) < 4.78 is 4.18. The lowest BCUT2D eigenvalue weighted by atomic mass is 9.95. The summed E-state index contributed by atoms with van der Waals surface area (Å²) in [5, 5.41) is 7.92. The van der Waals surface area contributed by atoms with Crippen molar-refractivity contribution in [1.82, 2.24) is 14.9 Å². The molecule has 1 heterocycles. The van der Waals surface area contributed by atoms with E-state index in [4.69, 9.17) is 0 Å². The van der Waals surface area contributed by atoms with Crippen LogP contribution in [0.1, 0.15) is 60.0 Å². The summed E-state index contributed by atoms with van der Waals surface area (Å²) >= 11 is 1.51. The summed E-state index contributed by atoms with van der Waals surface area (Å²) in [5.74, 6) is 0.398. The molecule has 0 saturated heterocycles. The van der Waals surface area contributed by atoms with Crippen LogP contribution < -0.4 is 5.32 Å². The molecule has 0 bridgehead atoms. The van der Waals surface area contributed by atoms with Gasteiger partial charge in [-0.1, -0.05) is 49.0 Å². The van der Waals surface area contributed by atoms with Crippen molar-refractivity contribution in [2.45, 2.75) is 46.6 Å². The molecule has 0 aliphatic heterocycles. The van der Waals surface area contributed by atoms with E-state index in [1.54, 1.807) is 0 Å². The maximum Gasteiger partial charge on any atom is 0.0832 e. The van der Waals surface area contributed by atoms with Gasteiger partial charge >= 0.3 is 0 Å². The third-order valence-electron chi connectivity index (χ3n) is 3.50. The van der Waals surface area contributed by atoms with E-state index < -0.39 is 0 Å². The van der Waals surface area contributed by atoms with Crippen LogP contribution in [0.4, 0.5) is 0 Å². The van der Waals surface area contributed by atoms with Gasteiger partial charge in [-0.15, -0.1) is 5.10 Å². The fourth-order valence-corrected chi connectivity index (χ4v) is 3.33. The summed E-state index contributed by atoms with van der Waals surface area (Å²) in [6.07, 6.45) is 0. The predicted molar refractivity (Wildman–Crippen MR) is 85.4 cm³/mol. The molecular weight excluding hydrogens is 266 g/mol. The quantitative estimate of drug-likeness (QED) is 0.905. The second-order valence-corrected chi connectivity index (χ2v) is 6.31. The first-order valence-corrected chi connectivity index (χ1v) is 7.94. The van der Waals surface area contributed by atoms with Crippen LogP contribution in [-0.4, -0.2) is 16.1 Å². The second kappa shape index (κ2) is 6.46. The Balaban J connectivity index is 2.50. The molecule has 20 heavy (non-hydrogen) atoms. The van der Waals surface area contributed by atoms with E-state index in [1.165, 1.54) is 33.1 Å². The third-order valence-corrected chi connectivity index (χ3v) is 4.31. The Morgan fingerprint density at radius 3 is 2.65 bits per heavy atom. The van der Waals surface area contributed by atoms with Gasteiger partial charge in [0.2, 0.25) is 0 Å². The summed E-state index contributed by atoms with van der Waals surface area (Å²) in [4.78, 5) is 1.25. The number of hydrogen-bond acceptors (Lipinski definition) is 4. The molecule has 0 aliphatic carbocycles. The molecule has 1 aromatic heterocycles. The van der Waals surface area contributed by atoms with Gasteiger partial charge in [-0.2, -0.15) is 0 Å². The minimum Gasteiger partial charge on any atom is -0.306 e. The zero-order chi connectivity index (χ0) is 14.7. The third kappa shape index (κ3) is 3.07. The highest BCUT2D eigenvalue weighted by Crippen LogP contribution is 2.32. The van der Waals surface area contributed by atoms with Gasteiger partial charge in [-0.25, -0.2) is 0 Å². The summed E-state index contributed by atoms with van der Waals surface area (Å²) in [6, 6.07) is 6.82. The van der Waals surface area contributed by atoms with Crippen molar-refractivity contribution in [2.24, 2.45) is 0 Å². The van der Waals surface area contributed by atoms with E-state index in [1.807, 2.05) is 0 Å². The predicted octanol–water partition coefficient (Wildman–Crippen LogP) is 3.98. The average Bonchev–Trinajstić information content (AvgIpc) is 2.88. The number of aromatic nitrogens is 2. The van der Waals surface area contributed by atoms with Gasteiger partial charge in [0.1, 0.15) is 0 Å². The number of benzene rings is 1. The number of hydrogen-bond donors (Lipinski definition) is 1. The first-order valence-electron chi connectivity index (χ1n) is 7.17. The van der Waals surface area contributed by atoms with Gasteiger partial charge in [-0.05, 0) is 49.0 Å². The van der Waals surface area contributed by atoms with Crippen molar-refractivity contribution in [2.75, 3.05) is 6.54 Å². The minimum absolute atomic E-state index is 0.192. The van der Waals surface area contributed by atoms with Crippen molar-refractivity contribution in [3.8, 4) is 0 Å².